The van der Waals surface area contributed by atoms with Crippen molar-refractivity contribution in [2.75, 3.05) is 16.8 Å². The van der Waals surface area contributed by atoms with Crippen LogP contribution in [0.4, 0.5) is 11.5 Å². The number of rotatable bonds is 5. The van der Waals surface area contributed by atoms with E-state index in [1.54, 1.807) is 41.3 Å². The lowest BCUT2D eigenvalue weighted by molar-refractivity contribution is -0.127. The smallest absolute Gasteiger partial charge is 0.269 e. The Morgan fingerprint density at radius 1 is 1.28 bits per heavy atom. The zero-order valence-electron chi connectivity index (χ0n) is 16.2. The van der Waals surface area contributed by atoms with Crippen molar-refractivity contribution in [3.05, 3.63) is 60.6 Å². The lowest BCUT2D eigenvalue weighted by atomic mass is 10.2. The van der Waals surface area contributed by atoms with Gasteiger partial charge in [-0.25, -0.2) is 9.67 Å². The second kappa shape index (κ2) is 7.75. The number of pyridine rings is 1. The molecular formula is C21H21N5O3. The zero-order chi connectivity index (χ0) is 20.4. The minimum Gasteiger partial charge on any atom is -0.481 e. The van der Waals surface area contributed by atoms with E-state index < -0.39 is 6.10 Å². The maximum atomic E-state index is 13.1. The molecule has 1 atom stereocenters. The van der Waals surface area contributed by atoms with Crippen LogP contribution in [0.5, 0.6) is 5.75 Å². The minimum absolute atomic E-state index is 0.0830. The molecule has 3 heterocycles. The van der Waals surface area contributed by atoms with Crippen molar-refractivity contribution in [3.63, 3.8) is 0 Å². The molecule has 0 aliphatic carbocycles. The van der Waals surface area contributed by atoms with E-state index in [1.807, 2.05) is 32.2 Å². The fourth-order valence-electron chi connectivity index (χ4n) is 3.18. The van der Waals surface area contributed by atoms with Crippen LogP contribution in [-0.4, -0.2) is 39.2 Å². The van der Waals surface area contributed by atoms with Crippen LogP contribution in [0.15, 0.2) is 55.0 Å². The highest BCUT2D eigenvalue weighted by Crippen LogP contribution is 2.28. The summed E-state index contributed by atoms with van der Waals surface area (Å²) in [6, 6.07) is 10.8. The molecule has 2 aromatic heterocycles. The SMILES string of the molecule is CCC(Oc1ccc(-n2cc(C)cn2)cc1)C(=O)N1CC(=O)Nc2cccnc21. The average molecular weight is 391 g/mol. The molecule has 0 saturated carbocycles. The van der Waals surface area contributed by atoms with Gasteiger partial charge in [0.2, 0.25) is 5.91 Å². The summed E-state index contributed by atoms with van der Waals surface area (Å²) in [5, 5.41) is 7.01. The van der Waals surface area contributed by atoms with Gasteiger partial charge < -0.3 is 10.1 Å². The highest BCUT2D eigenvalue weighted by atomic mass is 16.5. The van der Waals surface area contributed by atoms with Crippen LogP contribution in [-0.2, 0) is 9.59 Å². The number of aryl methyl sites for hydroxylation is 1. The average Bonchev–Trinajstić information content (AvgIpc) is 3.17. The molecule has 4 rings (SSSR count). The van der Waals surface area contributed by atoms with E-state index in [0.29, 0.717) is 23.7 Å². The largest absolute Gasteiger partial charge is 0.481 e. The molecule has 8 heteroatoms. The molecule has 0 fully saturated rings. The zero-order valence-corrected chi connectivity index (χ0v) is 16.2. The van der Waals surface area contributed by atoms with Crippen molar-refractivity contribution in [2.24, 2.45) is 0 Å². The number of amides is 2. The van der Waals surface area contributed by atoms with Gasteiger partial charge in [-0.2, -0.15) is 5.10 Å². The third kappa shape index (κ3) is 3.82. The molecular weight excluding hydrogens is 370 g/mol. The first-order valence-electron chi connectivity index (χ1n) is 9.39. The summed E-state index contributed by atoms with van der Waals surface area (Å²) in [6.07, 6.45) is 5.04. The van der Waals surface area contributed by atoms with Gasteiger partial charge >= 0.3 is 0 Å². The number of hydrogen-bond donors (Lipinski definition) is 1. The lowest BCUT2D eigenvalue weighted by Gasteiger charge is -2.30. The third-order valence-electron chi connectivity index (χ3n) is 4.62. The molecule has 0 bridgehead atoms. The summed E-state index contributed by atoms with van der Waals surface area (Å²) in [5.41, 5.74) is 2.49. The molecule has 0 spiro atoms. The Morgan fingerprint density at radius 2 is 2.07 bits per heavy atom. The topological polar surface area (TPSA) is 89.4 Å². The van der Waals surface area contributed by atoms with Crippen LogP contribution < -0.4 is 15.0 Å². The predicted molar refractivity (Wildman–Crippen MR) is 108 cm³/mol. The van der Waals surface area contributed by atoms with Crippen LogP contribution in [0.1, 0.15) is 18.9 Å². The van der Waals surface area contributed by atoms with Crippen LogP contribution in [0, 0.1) is 6.92 Å². The van der Waals surface area contributed by atoms with E-state index in [4.69, 9.17) is 4.74 Å². The van der Waals surface area contributed by atoms with Gasteiger partial charge in [0.1, 0.15) is 12.3 Å². The van der Waals surface area contributed by atoms with Crippen molar-refractivity contribution in [2.45, 2.75) is 26.4 Å². The number of fused-ring (bicyclic) bond motifs is 1. The van der Waals surface area contributed by atoms with E-state index in [0.717, 1.165) is 11.3 Å². The molecule has 1 N–H and O–H groups in total. The molecule has 1 aliphatic rings. The first kappa shape index (κ1) is 18.7. The molecule has 8 nitrogen and oxygen atoms in total. The van der Waals surface area contributed by atoms with Gasteiger partial charge in [-0.1, -0.05) is 6.92 Å². The molecule has 3 aromatic rings. The number of nitrogens with zero attached hydrogens (tertiary/aromatic N) is 4. The quantitative estimate of drug-likeness (QED) is 0.722. The van der Waals surface area contributed by atoms with Crippen molar-refractivity contribution in [1.82, 2.24) is 14.8 Å². The molecule has 0 radical (unpaired) electrons. The monoisotopic (exact) mass is 391 g/mol. The number of carbonyl (C=O) groups excluding carboxylic acids is 2. The van der Waals surface area contributed by atoms with Crippen LogP contribution >= 0.6 is 0 Å². The Kier molecular flexibility index (Phi) is 4.99. The number of benzene rings is 1. The summed E-state index contributed by atoms with van der Waals surface area (Å²) < 4.78 is 7.72. The molecule has 1 aliphatic heterocycles. The molecule has 29 heavy (non-hydrogen) atoms. The van der Waals surface area contributed by atoms with E-state index in [2.05, 4.69) is 15.4 Å². The van der Waals surface area contributed by atoms with E-state index in [9.17, 15) is 9.59 Å². The number of anilines is 2. The Balaban J connectivity index is 1.52. The standard InChI is InChI=1S/C21H21N5O3/c1-3-18(21(28)25-13-19(27)24-17-5-4-10-22-20(17)25)29-16-8-6-15(7-9-16)26-12-14(2)11-23-26/h4-12,18H,3,13H2,1-2H3,(H,24,27). The van der Waals surface area contributed by atoms with Gasteiger partial charge in [0.15, 0.2) is 11.9 Å². The third-order valence-corrected chi connectivity index (χ3v) is 4.62. The lowest BCUT2D eigenvalue weighted by Crippen LogP contribution is -2.48. The normalized spacial score (nSPS) is 14.1. The minimum atomic E-state index is -0.728. The number of aromatic nitrogens is 3. The van der Waals surface area contributed by atoms with Gasteiger partial charge in [0, 0.05) is 12.4 Å². The Hall–Kier alpha value is -3.68. The number of carbonyl (C=O) groups is 2. The van der Waals surface area contributed by atoms with Gasteiger partial charge in [-0.05, 0) is 55.3 Å². The van der Waals surface area contributed by atoms with E-state index in [1.165, 1.54) is 4.90 Å². The highest BCUT2D eigenvalue weighted by Gasteiger charge is 2.32. The molecule has 148 valence electrons. The summed E-state index contributed by atoms with van der Waals surface area (Å²) in [5.74, 6) is 0.450. The van der Waals surface area contributed by atoms with Crippen molar-refractivity contribution in [1.29, 1.82) is 0 Å². The second-order valence-electron chi connectivity index (χ2n) is 6.82. The van der Waals surface area contributed by atoms with E-state index in [-0.39, 0.29) is 18.4 Å². The Morgan fingerprint density at radius 3 is 2.76 bits per heavy atom. The van der Waals surface area contributed by atoms with Gasteiger partial charge in [-0.15, -0.1) is 0 Å². The van der Waals surface area contributed by atoms with Crippen molar-refractivity contribution >= 4 is 23.3 Å². The number of nitrogens with one attached hydrogen (secondary N) is 1. The summed E-state index contributed by atoms with van der Waals surface area (Å²) in [7, 11) is 0. The maximum Gasteiger partial charge on any atom is 0.269 e. The molecule has 2 amide bonds. The Bertz CT molecular complexity index is 1040. The van der Waals surface area contributed by atoms with Gasteiger partial charge in [-0.3, -0.25) is 14.5 Å². The first-order chi connectivity index (χ1) is 14.0. The maximum absolute atomic E-state index is 13.1. The highest BCUT2D eigenvalue weighted by molar-refractivity contribution is 6.10. The van der Waals surface area contributed by atoms with Crippen LogP contribution in [0.3, 0.4) is 0 Å². The van der Waals surface area contributed by atoms with Crippen molar-refractivity contribution in [3.8, 4) is 11.4 Å². The summed E-state index contributed by atoms with van der Waals surface area (Å²) in [4.78, 5) is 30.7. The predicted octanol–water partition coefficient (Wildman–Crippen LogP) is 2.72. The van der Waals surface area contributed by atoms with Crippen LogP contribution in [0.2, 0.25) is 0 Å². The number of hydrogen-bond acceptors (Lipinski definition) is 5. The molecule has 1 unspecified atom stereocenters. The van der Waals surface area contributed by atoms with E-state index >= 15 is 0 Å². The first-order valence-corrected chi connectivity index (χ1v) is 9.39. The fraction of sp³-hybridized carbons (Fsp3) is 0.238. The van der Waals surface area contributed by atoms with Crippen LogP contribution in [0.25, 0.3) is 5.69 Å². The van der Waals surface area contributed by atoms with Gasteiger partial charge in [0.05, 0.1) is 17.6 Å². The summed E-state index contributed by atoms with van der Waals surface area (Å²) in [6.45, 7) is 3.76. The van der Waals surface area contributed by atoms with Gasteiger partial charge in [0.25, 0.3) is 5.91 Å². The van der Waals surface area contributed by atoms with Crippen molar-refractivity contribution < 1.29 is 14.3 Å². The second-order valence-corrected chi connectivity index (χ2v) is 6.82. The number of ether oxygens (including phenoxy) is 1. The fourth-order valence-corrected chi connectivity index (χ4v) is 3.18. The molecule has 0 saturated heterocycles. The summed E-state index contributed by atoms with van der Waals surface area (Å²) >= 11 is 0. The molecule has 1 aromatic carbocycles. The Labute approximate surface area is 168 Å².